The van der Waals surface area contributed by atoms with Crippen LogP contribution in [0.5, 0.6) is 0 Å². The van der Waals surface area contributed by atoms with E-state index in [2.05, 4.69) is 10.6 Å². The standard InChI is InChI=1S/C18H28N2O4S/c1-18(2,3)24-17(23)19-12-8-7-9-14(20-16(21)22)13-25-15-10-5-4-6-11-15/h4-6,10-11,14,20H,7-9,12-13H2,1-3H3,(H,19,23)(H,21,22). The van der Waals surface area contributed by atoms with Crippen LogP contribution in [-0.2, 0) is 4.74 Å². The fourth-order valence-corrected chi connectivity index (χ4v) is 3.10. The number of unbranched alkanes of at least 4 members (excludes halogenated alkanes) is 1. The SMILES string of the molecule is CC(C)(C)OC(=O)NCCCCC(CSc1ccccc1)NC(=O)O. The molecule has 1 aromatic rings. The van der Waals surface area contributed by atoms with E-state index in [1.165, 1.54) is 0 Å². The van der Waals surface area contributed by atoms with Gasteiger partial charge in [0.15, 0.2) is 0 Å². The van der Waals surface area contributed by atoms with E-state index in [4.69, 9.17) is 9.84 Å². The lowest BCUT2D eigenvalue weighted by atomic mass is 10.1. The van der Waals surface area contributed by atoms with Crippen molar-refractivity contribution in [3.63, 3.8) is 0 Å². The third kappa shape index (κ3) is 11.3. The molecule has 0 fully saturated rings. The molecule has 0 aromatic heterocycles. The quantitative estimate of drug-likeness (QED) is 0.451. The van der Waals surface area contributed by atoms with Gasteiger partial charge in [0, 0.05) is 23.2 Å². The molecule has 1 unspecified atom stereocenters. The van der Waals surface area contributed by atoms with Crippen LogP contribution in [0.25, 0.3) is 0 Å². The summed E-state index contributed by atoms with van der Waals surface area (Å²) in [5, 5.41) is 14.2. The van der Waals surface area contributed by atoms with Crippen molar-refractivity contribution in [1.82, 2.24) is 10.6 Å². The van der Waals surface area contributed by atoms with Crippen LogP contribution < -0.4 is 10.6 Å². The van der Waals surface area contributed by atoms with Gasteiger partial charge in [-0.25, -0.2) is 9.59 Å². The largest absolute Gasteiger partial charge is 0.465 e. The van der Waals surface area contributed by atoms with Crippen LogP contribution >= 0.6 is 11.8 Å². The molecule has 0 spiro atoms. The zero-order valence-corrected chi connectivity index (χ0v) is 15.9. The van der Waals surface area contributed by atoms with Gasteiger partial charge < -0.3 is 20.5 Å². The highest BCUT2D eigenvalue weighted by Crippen LogP contribution is 2.19. The minimum Gasteiger partial charge on any atom is -0.465 e. The topological polar surface area (TPSA) is 87.7 Å². The molecular weight excluding hydrogens is 340 g/mol. The van der Waals surface area contributed by atoms with E-state index in [9.17, 15) is 9.59 Å². The molecule has 2 amide bonds. The second-order valence-electron chi connectivity index (χ2n) is 6.69. The van der Waals surface area contributed by atoms with Crippen molar-refractivity contribution in [3.05, 3.63) is 30.3 Å². The first-order valence-corrected chi connectivity index (χ1v) is 9.39. The normalized spacial score (nSPS) is 12.3. The Morgan fingerprint density at radius 1 is 1.20 bits per heavy atom. The van der Waals surface area contributed by atoms with Gasteiger partial charge in [0.05, 0.1) is 0 Å². The van der Waals surface area contributed by atoms with Crippen molar-refractivity contribution < 1.29 is 19.4 Å². The summed E-state index contributed by atoms with van der Waals surface area (Å²) in [4.78, 5) is 23.6. The minimum absolute atomic E-state index is 0.121. The van der Waals surface area contributed by atoms with Crippen LogP contribution in [0.3, 0.4) is 0 Å². The first-order chi connectivity index (χ1) is 11.8. The molecule has 7 heteroatoms. The molecular formula is C18H28N2O4S. The first-order valence-electron chi connectivity index (χ1n) is 8.40. The molecule has 0 bridgehead atoms. The molecule has 0 heterocycles. The summed E-state index contributed by atoms with van der Waals surface area (Å²) in [6.07, 6.45) is 0.878. The number of rotatable bonds is 9. The van der Waals surface area contributed by atoms with Crippen molar-refractivity contribution in [3.8, 4) is 0 Å². The number of nitrogens with one attached hydrogen (secondary N) is 2. The van der Waals surface area contributed by atoms with E-state index in [-0.39, 0.29) is 6.04 Å². The maximum Gasteiger partial charge on any atom is 0.407 e. The number of carboxylic acid groups (broad SMARTS) is 1. The highest BCUT2D eigenvalue weighted by molar-refractivity contribution is 7.99. The second-order valence-corrected chi connectivity index (χ2v) is 7.79. The number of hydrogen-bond donors (Lipinski definition) is 3. The molecule has 1 aromatic carbocycles. The lowest BCUT2D eigenvalue weighted by Gasteiger charge is -2.20. The zero-order chi connectivity index (χ0) is 18.7. The summed E-state index contributed by atoms with van der Waals surface area (Å²) in [7, 11) is 0. The summed E-state index contributed by atoms with van der Waals surface area (Å²) in [5.74, 6) is 0.676. The van der Waals surface area contributed by atoms with Gasteiger partial charge in [-0.1, -0.05) is 18.2 Å². The number of hydrogen-bond acceptors (Lipinski definition) is 4. The number of benzene rings is 1. The van der Waals surface area contributed by atoms with E-state index in [0.29, 0.717) is 12.3 Å². The Balaban J connectivity index is 2.26. The number of ether oxygens (including phenoxy) is 1. The Morgan fingerprint density at radius 2 is 1.88 bits per heavy atom. The van der Waals surface area contributed by atoms with Crippen molar-refractivity contribution >= 4 is 23.9 Å². The van der Waals surface area contributed by atoms with E-state index in [0.717, 1.165) is 24.2 Å². The maximum atomic E-state index is 11.5. The fourth-order valence-electron chi connectivity index (χ4n) is 2.11. The number of thioether (sulfide) groups is 1. The molecule has 140 valence electrons. The Kier molecular flexibility index (Phi) is 9.20. The summed E-state index contributed by atoms with van der Waals surface area (Å²) in [5.41, 5.74) is -0.505. The van der Waals surface area contributed by atoms with Crippen LogP contribution in [0, 0.1) is 0 Å². The first kappa shape index (κ1) is 21.2. The Hall–Kier alpha value is -1.89. The van der Waals surface area contributed by atoms with Gasteiger partial charge in [-0.05, 0) is 52.2 Å². The summed E-state index contributed by atoms with van der Waals surface area (Å²) in [6, 6.07) is 9.77. The van der Waals surface area contributed by atoms with Gasteiger partial charge in [-0.15, -0.1) is 11.8 Å². The molecule has 0 aliphatic rings. The molecule has 0 radical (unpaired) electrons. The lowest BCUT2D eigenvalue weighted by molar-refractivity contribution is 0.0527. The third-order valence-corrected chi connectivity index (χ3v) is 4.34. The fraction of sp³-hybridized carbons (Fsp3) is 0.556. The van der Waals surface area contributed by atoms with Gasteiger partial charge >= 0.3 is 12.2 Å². The number of carbonyl (C=O) groups excluding carboxylic acids is 1. The van der Waals surface area contributed by atoms with Gasteiger partial charge in [0.2, 0.25) is 0 Å². The molecule has 0 aliphatic heterocycles. The van der Waals surface area contributed by atoms with Crippen molar-refractivity contribution in [2.75, 3.05) is 12.3 Å². The van der Waals surface area contributed by atoms with E-state index >= 15 is 0 Å². The molecule has 0 aliphatic carbocycles. The third-order valence-electron chi connectivity index (χ3n) is 3.17. The molecule has 1 atom stereocenters. The average molecular weight is 368 g/mol. The monoisotopic (exact) mass is 368 g/mol. The van der Waals surface area contributed by atoms with E-state index in [1.807, 2.05) is 51.1 Å². The molecule has 0 saturated carbocycles. The smallest absolute Gasteiger partial charge is 0.407 e. The summed E-state index contributed by atoms with van der Waals surface area (Å²) < 4.78 is 5.16. The van der Waals surface area contributed by atoms with Crippen LogP contribution in [0.2, 0.25) is 0 Å². The summed E-state index contributed by atoms with van der Waals surface area (Å²) >= 11 is 1.63. The Bertz CT molecular complexity index is 532. The van der Waals surface area contributed by atoms with Crippen LogP contribution in [-0.4, -0.2) is 41.2 Å². The maximum absolute atomic E-state index is 11.5. The predicted molar refractivity (Wildman–Crippen MR) is 100 cm³/mol. The Labute approximate surface area is 153 Å². The minimum atomic E-state index is -1.01. The Morgan fingerprint density at radius 3 is 2.48 bits per heavy atom. The van der Waals surface area contributed by atoms with E-state index < -0.39 is 17.8 Å². The van der Waals surface area contributed by atoms with Gasteiger partial charge in [-0.3, -0.25) is 0 Å². The molecule has 25 heavy (non-hydrogen) atoms. The summed E-state index contributed by atoms with van der Waals surface area (Å²) in [6.45, 7) is 5.97. The number of alkyl carbamates (subject to hydrolysis) is 1. The van der Waals surface area contributed by atoms with Gasteiger partial charge in [0.25, 0.3) is 0 Å². The predicted octanol–water partition coefficient (Wildman–Crippen LogP) is 4.11. The molecule has 6 nitrogen and oxygen atoms in total. The van der Waals surface area contributed by atoms with Gasteiger partial charge in [0.1, 0.15) is 5.60 Å². The van der Waals surface area contributed by atoms with Crippen LogP contribution in [0.15, 0.2) is 35.2 Å². The van der Waals surface area contributed by atoms with Crippen molar-refractivity contribution in [1.29, 1.82) is 0 Å². The van der Waals surface area contributed by atoms with Gasteiger partial charge in [-0.2, -0.15) is 0 Å². The number of amides is 2. The molecule has 3 N–H and O–H groups in total. The zero-order valence-electron chi connectivity index (χ0n) is 15.1. The highest BCUT2D eigenvalue weighted by atomic mass is 32.2. The second kappa shape index (κ2) is 10.9. The van der Waals surface area contributed by atoms with Crippen molar-refractivity contribution in [2.24, 2.45) is 0 Å². The van der Waals surface area contributed by atoms with Crippen LogP contribution in [0.1, 0.15) is 40.0 Å². The van der Waals surface area contributed by atoms with Crippen LogP contribution in [0.4, 0.5) is 9.59 Å². The highest BCUT2D eigenvalue weighted by Gasteiger charge is 2.16. The lowest BCUT2D eigenvalue weighted by Crippen LogP contribution is -2.36. The molecule has 0 saturated heterocycles. The number of carbonyl (C=O) groups is 2. The average Bonchev–Trinajstić information content (AvgIpc) is 2.51. The van der Waals surface area contributed by atoms with Crippen molar-refractivity contribution in [2.45, 2.75) is 56.6 Å². The molecule has 1 rings (SSSR count). The van der Waals surface area contributed by atoms with E-state index in [1.54, 1.807) is 11.8 Å².